The van der Waals surface area contributed by atoms with Gasteiger partial charge in [0.05, 0.1) is 11.2 Å². The van der Waals surface area contributed by atoms with Crippen LogP contribution in [0.25, 0.3) is 0 Å². The standard InChI is InChI=1S/C13H22N4O/c1-3-10-8-11(17(2)16-10)12(18)15-13(9-14)6-4-5-7-13/h8H,3-7,9,14H2,1-2H3,(H,15,18). The Morgan fingerprint density at radius 3 is 2.72 bits per heavy atom. The summed E-state index contributed by atoms with van der Waals surface area (Å²) in [5, 5.41) is 7.41. The Kier molecular flexibility index (Phi) is 3.71. The van der Waals surface area contributed by atoms with Gasteiger partial charge in [0.25, 0.3) is 5.91 Å². The quantitative estimate of drug-likeness (QED) is 0.836. The zero-order chi connectivity index (χ0) is 13.2. The molecule has 1 aliphatic rings. The second-order valence-electron chi connectivity index (χ2n) is 5.14. The van der Waals surface area contributed by atoms with E-state index in [2.05, 4.69) is 10.4 Å². The van der Waals surface area contributed by atoms with E-state index in [1.165, 1.54) is 0 Å². The molecule has 1 saturated carbocycles. The van der Waals surface area contributed by atoms with E-state index in [-0.39, 0.29) is 11.4 Å². The maximum atomic E-state index is 12.3. The molecule has 0 spiro atoms. The number of hydrogen-bond acceptors (Lipinski definition) is 3. The minimum Gasteiger partial charge on any atom is -0.344 e. The minimum absolute atomic E-state index is 0.0583. The van der Waals surface area contributed by atoms with Gasteiger partial charge in [-0.2, -0.15) is 5.10 Å². The van der Waals surface area contributed by atoms with Crippen LogP contribution in [0.2, 0.25) is 0 Å². The van der Waals surface area contributed by atoms with Crippen molar-refractivity contribution in [3.63, 3.8) is 0 Å². The number of nitrogens with two attached hydrogens (primary N) is 1. The summed E-state index contributed by atoms with van der Waals surface area (Å²) in [7, 11) is 1.80. The van der Waals surface area contributed by atoms with Gasteiger partial charge in [0.2, 0.25) is 0 Å². The molecule has 0 bridgehead atoms. The highest BCUT2D eigenvalue weighted by Crippen LogP contribution is 2.28. The Labute approximate surface area is 108 Å². The van der Waals surface area contributed by atoms with Gasteiger partial charge in [-0.3, -0.25) is 9.48 Å². The van der Waals surface area contributed by atoms with Gasteiger partial charge >= 0.3 is 0 Å². The van der Waals surface area contributed by atoms with Crippen LogP contribution in [0.1, 0.15) is 48.8 Å². The van der Waals surface area contributed by atoms with E-state index in [9.17, 15) is 4.79 Å². The fourth-order valence-corrected chi connectivity index (χ4v) is 2.65. The van der Waals surface area contributed by atoms with Gasteiger partial charge in [-0.1, -0.05) is 19.8 Å². The zero-order valence-corrected chi connectivity index (χ0v) is 11.2. The molecule has 0 radical (unpaired) electrons. The van der Waals surface area contributed by atoms with Crippen LogP contribution in [0.3, 0.4) is 0 Å². The molecular weight excluding hydrogens is 228 g/mol. The number of carbonyl (C=O) groups is 1. The first-order valence-corrected chi connectivity index (χ1v) is 6.66. The van der Waals surface area contributed by atoms with Crippen molar-refractivity contribution >= 4 is 5.91 Å². The number of amides is 1. The lowest BCUT2D eigenvalue weighted by Gasteiger charge is -2.28. The predicted octanol–water partition coefficient (Wildman–Crippen LogP) is 0.984. The molecule has 3 N–H and O–H groups in total. The van der Waals surface area contributed by atoms with Crippen LogP contribution in [0.4, 0.5) is 0 Å². The summed E-state index contributed by atoms with van der Waals surface area (Å²) >= 11 is 0. The summed E-state index contributed by atoms with van der Waals surface area (Å²) in [5.41, 5.74) is 7.18. The molecule has 1 fully saturated rings. The van der Waals surface area contributed by atoms with Crippen LogP contribution in [-0.2, 0) is 13.5 Å². The van der Waals surface area contributed by atoms with Gasteiger partial charge in [-0.25, -0.2) is 0 Å². The Balaban J connectivity index is 2.13. The fraction of sp³-hybridized carbons (Fsp3) is 0.692. The fourth-order valence-electron chi connectivity index (χ4n) is 2.65. The number of rotatable bonds is 4. The first kappa shape index (κ1) is 13.1. The van der Waals surface area contributed by atoms with Crippen LogP contribution in [-0.4, -0.2) is 27.8 Å². The average molecular weight is 250 g/mol. The SMILES string of the molecule is CCc1cc(C(=O)NC2(CN)CCCC2)n(C)n1. The molecule has 5 nitrogen and oxygen atoms in total. The smallest absolute Gasteiger partial charge is 0.270 e. The minimum atomic E-state index is -0.201. The highest BCUT2D eigenvalue weighted by atomic mass is 16.2. The topological polar surface area (TPSA) is 72.9 Å². The van der Waals surface area contributed by atoms with E-state index < -0.39 is 0 Å². The molecule has 18 heavy (non-hydrogen) atoms. The maximum Gasteiger partial charge on any atom is 0.270 e. The Hall–Kier alpha value is -1.36. The maximum absolute atomic E-state index is 12.3. The van der Waals surface area contributed by atoms with Gasteiger partial charge in [0.15, 0.2) is 0 Å². The summed E-state index contributed by atoms with van der Waals surface area (Å²) in [4.78, 5) is 12.3. The number of aryl methyl sites for hydroxylation is 2. The van der Waals surface area contributed by atoms with Crippen molar-refractivity contribution in [1.29, 1.82) is 0 Å². The van der Waals surface area contributed by atoms with Crippen molar-refractivity contribution in [2.24, 2.45) is 12.8 Å². The third-order valence-corrected chi connectivity index (χ3v) is 3.86. The van der Waals surface area contributed by atoms with E-state index >= 15 is 0 Å². The third-order valence-electron chi connectivity index (χ3n) is 3.86. The molecule has 0 unspecified atom stereocenters. The second kappa shape index (κ2) is 5.10. The highest BCUT2D eigenvalue weighted by molar-refractivity contribution is 5.93. The van der Waals surface area contributed by atoms with Crippen molar-refractivity contribution in [3.8, 4) is 0 Å². The zero-order valence-electron chi connectivity index (χ0n) is 11.2. The molecule has 0 atom stereocenters. The lowest BCUT2D eigenvalue weighted by atomic mass is 9.97. The lowest BCUT2D eigenvalue weighted by Crippen LogP contribution is -2.52. The average Bonchev–Trinajstić information content (AvgIpc) is 2.96. The van der Waals surface area contributed by atoms with Crippen molar-refractivity contribution in [2.45, 2.75) is 44.6 Å². The number of nitrogens with one attached hydrogen (secondary N) is 1. The van der Waals surface area contributed by atoms with E-state index in [0.717, 1.165) is 37.8 Å². The van der Waals surface area contributed by atoms with Crippen molar-refractivity contribution in [2.75, 3.05) is 6.54 Å². The first-order chi connectivity index (χ1) is 8.60. The number of aromatic nitrogens is 2. The van der Waals surface area contributed by atoms with Gasteiger partial charge in [-0.15, -0.1) is 0 Å². The number of hydrogen-bond donors (Lipinski definition) is 2. The van der Waals surface area contributed by atoms with Crippen LogP contribution in [0, 0.1) is 0 Å². The third kappa shape index (κ3) is 2.41. The number of nitrogens with zero attached hydrogens (tertiary/aromatic N) is 2. The monoisotopic (exact) mass is 250 g/mol. The first-order valence-electron chi connectivity index (χ1n) is 6.66. The normalized spacial score (nSPS) is 17.9. The molecule has 5 heteroatoms. The summed E-state index contributed by atoms with van der Waals surface area (Å²) in [6, 6.07) is 1.86. The largest absolute Gasteiger partial charge is 0.344 e. The van der Waals surface area contributed by atoms with E-state index in [1.807, 2.05) is 13.0 Å². The molecule has 1 aromatic heterocycles. The summed E-state index contributed by atoms with van der Waals surface area (Å²) in [5.74, 6) is -0.0583. The van der Waals surface area contributed by atoms with Crippen molar-refractivity contribution < 1.29 is 4.79 Å². The second-order valence-corrected chi connectivity index (χ2v) is 5.14. The molecule has 100 valence electrons. The molecule has 0 aliphatic heterocycles. The van der Waals surface area contributed by atoms with E-state index in [0.29, 0.717) is 12.2 Å². The molecule has 0 aromatic carbocycles. The number of carbonyl (C=O) groups excluding carboxylic acids is 1. The van der Waals surface area contributed by atoms with Gasteiger partial charge in [-0.05, 0) is 25.3 Å². The highest BCUT2D eigenvalue weighted by Gasteiger charge is 2.34. The van der Waals surface area contributed by atoms with Crippen LogP contribution >= 0.6 is 0 Å². The van der Waals surface area contributed by atoms with E-state index in [4.69, 9.17) is 5.73 Å². The molecule has 1 amide bonds. The molecule has 1 heterocycles. The van der Waals surface area contributed by atoms with Crippen LogP contribution in [0.15, 0.2) is 6.07 Å². The molecular formula is C13H22N4O. The van der Waals surface area contributed by atoms with Crippen LogP contribution in [0.5, 0.6) is 0 Å². The van der Waals surface area contributed by atoms with Gasteiger partial charge < -0.3 is 11.1 Å². The molecule has 0 saturated heterocycles. The summed E-state index contributed by atoms with van der Waals surface area (Å²) < 4.78 is 1.65. The Morgan fingerprint density at radius 2 is 2.22 bits per heavy atom. The summed E-state index contributed by atoms with van der Waals surface area (Å²) in [6.07, 6.45) is 5.08. The van der Waals surface area contributed by atoms with Crippen molar-refractivity contribution in [1.82, 2.24) is 15.1 Å². The van der Waals surface area contributed by atoms with E-state index in [1.54, 1.807) is 11.7 Å². The lowest BCUT2D eigenvalue weighted by molar-refractivity contribution is 0.0893. The predicted molar refractivity (Wildman–Crippen MR) is 70.3 cm³/mol. The van der Waals surface area contributed by atoms with Crippen LogP contribution < -0.4 is 11.1 Å². The summed E-state index contributed by atoms with van der Waals surface area (Å²) in [6.45, 7) is 2.54. The Bertz CT molecular complexity index is 432. The van der Waals surface area contributed by atoms with Gasteiger partial charge in [0.1, 0.15) is 5.69 Å². The van der Waals surface area contributed by atoms with Crippen molar-refractivity contribution in [3.05, 3.63) is 17.5 Å². The van der Waals surface area contributed by atoms with Gasteiger partial charge in [0, 0.05) is 13.6 Å². The molecule has 1 aliphatic carbocycles. The molecule has 1 aromatic rings. The molecule has 2 rings (SSSR count). The Morgan fingerprint density at radius 1 is 1.56 bits per heavy atom.